The van der Waals surface area contributed by atoms with Crippen molar-refractivity contribution < 1.29 is 0 Å². The van der Waals surface area contributed by atoms with Gasteiger partial charge in [-0.05, 0) is 49.7 Å². The van der Waals surface area contributed by atoms with Crippen molar-refractivity contribution in [1.82, 2.24) is 10.2 Å². The van der Waals surface area contributed by atoms with Crippen LogP contribution in [0.25, 0.3) is 0 Å². The van der Waals surface area contributed by atoms with Gasteiger partial charge in [0.15, 0.2) is 0 Å². The highest BCUT2D eigenvalue weighted by Gasteiger charge is 2.32. The Morgan fingerprint density at radius 2 is 2.39 bits per heavy atom. The van der Waals surface area contributed by atoms with Crippen molar-refractivity contribution in [2.24, 2.45) is 5.41 Å². The topological polar surface area (TPSA) is 15.3 Å². The van der Waals surface area contributed by atoms with E-state index in [4.69, 9.17) is 0 Å². The van der Waals surface area contributed by atoms with E-state index in [-0.39, 0.29) is 0 Å². The monoisotopic (exact) mass is 266 g/mol. The highest BCUT2D eigenvalue weighted by Crippen LogP contribution is 2.32. The lowest BCUT2D eigenvalue weighted by molar-refractivity contribution is 0.119. The molecule has 2 nitrogen and oxygen atoms in total. The minimum Gasteiger partial charge on any atom is -0.316 e. The quantitative estimate of drug-likeness (QED) is 0.849. The van der Waals surface area contributed by atoms with E-state index in [2.05, 4.69) is 41.7 Å². The van der Waals surface area contributed by atoms with Gasteiger partial charge in [-0.3, -0.25) is 0 Å². The van der Waals surface area contributed by atoms with Crippen LogP contribution in [0.1, 0.15) is 37.5 Å². The maximum Gasteiger partial charge on any atom is 0.0325 e. The molecule has 1 unspecified atom stereocenters. The molecule has 2 heterocycles. The Balaban J connectivity index is 1.91. The van der Waals surface area contributed by atoms with E-state index in [1.165, 1.54) is 50.2 Å². The molecule has 0 amide bonds. The normalized spacial score (nSPS) is 24.6. The van der Waals surface area contributed by atoms with Crippen molar-refractivity contribution in [2.75, 3.05) is 26.7 Å². The van der Waals surface area contributed by atoms with Crippen LogP contribution in [0.15, 0.2) is 17.5 Å². The van der Waals surface area contributed by atoms with Crippen molar-refractivity contribution in [3.8, 4) is 0 Å². The molecule has 1 N–H and O–H groups in total. The summed E-state index contributed by atoms with van der Waals surface area (Å²) in [6.45, 7) is 7.06. The van der Waals surface area contributed by atoms with E-state index in [9.17, 15) is 0 Å². The number of nitrogens with zero attached hydrogens (tertiary/aromatic N) is 1. The van der Waals surface area contributed by atoms with E-state index >= 15 is 0 Å². The summed E-state index contributed by atoms with van der Waals surface area (Å²) in [5, 5.41) is 5.77. The Labute approximate surface area is 115 Å². The Kier molecular flexibility index (Phi) is 5.22. The summed E-state index contributed by atoms with van der Waals surface area (Å²) in [5.74, 6) is 0. The van der Waals surface area contributed by atoms with E-state index < -0.39 is 0 Å². The summed E-state index contributed by atoms with van der Waals surface area (Å²) >= 11 is 1.87. The zero-order valence-electron chi connectivity index (χ0n) is 11.7. The van der Waals surface area contributed by atoms with Crippen LogP contribution in [-0.2, 0) is 6.54 Å². The third kappa shape index (κ3) is 3.81. The van der Waals surface area contributed by atoms with Gasteiger partial charge in [-0.1, -0.05) is 19.4 Å². The third-order valence-electron chi connectivity index (χ3n) is 3.95. The zero-order valence-corrected chi connectivity index (χ0v) is 12.6. The maximum atomic E-state index is 3.60. The van der Waals surface area contributed by atoms with Crippen molar-refractivity contribution in [3.63, 3.8) is 0 Å². The van der Waals surface area contributed by atoms with E-state index in [1.54, 1.807) is 0 Å². The number of hydrogen-bond acceptors (Lipinski definition) is 3. The number of rotatable bonds is 6. The molecular weight excluding hydrogens is 240 g/mol. The standard InChI is InChI=1S/C15H26N2S/c1-3-7-15(8-5-9-16-12-15)13-17(2)11-14-6-4-10-18-14/h4,6,10,16H,3,5,7-9,11-13H2,1-2H3. The van der Waals surface area contributed by atoms with E-state index in [1.807, 2.05) is 11.3 Å². The molecule has 1 atom stereocenters. The molecule has 1 aromatic rings. The first-order chi connectivity index (χ1) is 8.74. The predicted molar refractivity (Wildman–Crippen MR) is 80.1 cm³/mol. The molecule has 0 radical (unpaired) electrons. The number of hydrogen-bond donors (Lipinski definition) is 1. The van der Waals surface area contributed by atoms with Gasteiger partial charge < -0.3 is 10.2 Å². The summed E-state index contributed by atoms with van der Waals surface area (Å²) in [7, 11) is 2.27. The van der Waals surface area contributed by atoms with Crippen molar-refractivity contribution in [3.05, 3.63) is 22.4 Å². The molecular formula is C15H26N2S. The molecule has 1 aromatic heterocycles. The fraction of sp³-hybridized carbons (Fsp3) is 0.733. The van der Waals surface area contributed by atoms with Crippen LogP contribution in [0.3, 0.4) is 0 Å². The molecule has 0 bridgehead atoms. The van der Waals surface area contributed by atoms with Gasteiger partial charge in [-0.15, -0.1) is 11.3 Å². The molecule has 1 aliphatic rings. The largest absolute Gasteiger partial charge is 0.316 e. The summed E-state index contributed by atoms with van der Waals surface area (Å²) in [4.78, 5) is 3.99. The van der Waals surface area contributed by atoms with Crippen LogP contribution in [-0.4, -0.2) is 31.6 Å². The number of piperidine rings is 1. The average molecular weight is 266 g/mol. The highest BCUT2D eigenvalue weighted by atomic mass is 32.1. The summed E-state index contributed by atoms with van der Waals surface area (Å²) < 4.78 is 0. The summed E-state index contributed by atoms with van der Waals surface area (Å²) in [5.41, 5.74) is 0.513. The van der Waals surface area contributed by atoms with Crippen LogP contribution in [0.2, 0.25) is 0 Å². The lowest BCUT2D eigenvalue weighted by atomic mass is 9.76. The van der Waals surface area contributed by atoms with Crippen molar-refractivity contribution >= 4 is 11.3 Å². The van der Waals surface area contributed by atoms with Crippen molar-refractivity contribution in [2.45, 2.75) is 39.2 Å². The fourth-order valence-corrected chi connectivity index (χ4v) is 4.07. The van der Waals surface area contributed by atoms with Gasteiger partial charge in [0.2, 0.25) is 0 Å². The molecule has 0 saturated carbocycles. The SMILES string of the molecule is CCCC1(CN(C)Cc2cccs2)CCCNC1. The minimum absolute atomic E-state index is 0.513. The molecule has 3 heteroatoms. The van der Waals surface area contributed by atoms with Crippen LogP contribution >= 0.6 is 11.3 Å². The maximum absolute atomic E-state index is 3.60. The molecule has 2 rings (SSSR count). The lowest BCUT2D eigenvalue weighted by Crippen LogP contribution is -2.46. The summed E-state index contributed by atoms with van der Waals surface area (Å²) in [6, 6.07) is 4.39. The first-order valence-electron chi connectivity index (χ1n) is 7.16. The van der Waals surface area contributed by atoms with Crippen LogP contribution in [0.5, 0.6) is 0 Å². The van der Waals surface area contributed by atoms with Gasteiger partial charge >= 0.3 is 0 Å². The number of thiophene rings is 1. The second-order valence-corrected chi connectivity index (χ2v) is 6.81. The molecule has 0 spiro atoms. The van der Waals surface area contributed by atoms with Gasteiger partial charge in [0.05, 0.1) is 0 Å². The molecule has 0 aliphatic carbocycles. The molecule has 1 saturated heterocycles. The first-order valence-corrected chi connectivity index (χ1v) is 8.04. The Hall–Kier alpha value is -0.380. The van der Waals surface area contributed by atoms with Gasteiger partial charge in [0, 0.05) is 24.5 Å². The zero-order chi connectivity index (χ0) is 12.8. The Bertz CT molecular complexity index is 323. The van der Waals surface area contributed by atoms with Crippen LogP contribution < -0.4 is 5.32 Å². The van der Waals surface area contributed by atoms with Crippen LogP contribution in [0.4, 0.5) is 0 Å². The Morgan fingerprint density at radius 1 is 1.50 bits per heavy atom. The second kappa shape index (κ2) is 6.69. The average Bonchev–Trinajstić information content (AvgIpc) is 2.83. The molecule has 0 aromatic carbocycles. The van der Waals surface area contributed by atoms with Crippen LogP contribution in [0, 0.1) is 5.41 Å². The molecule has 1 fully saturated rings. The second-order valence-electron chi connectivity index (χ2n) is 5.78. The Morgan fingerprint density at radius 3 is 3.00 bits per heavy atom. The third-order valence-corrected chi connectivity index (χ3v) is 4.81. The predicted octanol–water partition coefficient (Wildman–Crippen LogP) is 3.35. The van der Waals surface area contributed by atoms with Gasteiger partial charge in [-0.25, -0.2) is 0 Å². The van der Waals surface area contributed by atoms with E-state index in [0.717, 1.165) is 6.54 Å². The minimum atomic E-state index is 0.513. The molecule has 1 aliphatic heterocycles. The summed E-state index contributed by atoms with van der Waals surface area (Å²) in [6.07, 6.45) is 5.39. The first kappa shape index (κ1) is 14.0. The molecule has 18 heavy (non-hydrogen) atoms. The molecule has 102 valence electrons. The number of nitrogens with one attached hydrogen (secondary N) is 1. The van der Waals surface area contributed by atoms with Gasteiger partial charge in [0.25, 0.3) is 0 Å². The lowest BCUT2D eigenvalue weighted by Gasteiger charge is -2.40. The smallest absolute Gasteiger partial charge is 0.0325 e. The van der Waals surface area contributed by atoms with Gasteiger partial charge in [-0.2, -0.15) is 0 Å². The van der Waals surface area contributed by atoms with Gasteiger partial charge in [0.1, 0.15) is 0 Å². The highest BCUT2D eigenvalue weighted by molar-refractivity contribution is 7.09. The van der Waals surface area contributed by atoms with Crippen molar-refractivity contribution in [1.29, 1.82) is 0 Å². The van der Waals surface area contributed by atoms with E-state index in [0.29, 0.717) is 5.41 Å². The fourth-order valence-electron chi connectivity index (χ4n) is 3.29.